The van der Waals surface area contributed by atoms with E-state index in [1.165, 1.54) is 12.2 Å². The third-order valence-electron chi connectivity index (χ3n) is 2.97. The summed E-state index contributed by atoms with van der Waals surface area (Å²) in [5.41, 5.74) is -0.444. The first kappa shape index (κ1) is 16.1. The minimum atomic E-state index is -0.444. The lowest BCUT2D eigenvalue weighted by atomic mass is 9.88. The number of carbonyl (C=O) groups is 4. The van der Waals surface area contributed by atoms with E-state index in [4.69, 9.17) is 0 Å². The number of Topliss-reactive ketones (excluding diaryl/α,β-unsaturated/α-hetero) is 1. The molecular weight excluding hydrogens is 260 g/mol. The van der Waals surface area contributed by atoms with Crippen molar-refractivity contribution in [1.29, 1.82) is 0 Å². The van der Waals surface area contributed by atoms with Crippen LogP contribution in [0, 0.1) is 5.41 Å². The highest BCUT2D eigenvalue weighted by Gasteiger charge is 2.23. The van der Waals surface area contributed by atoms with Crippen molar-refractivity contribution in [3.63, 3.8) is 0 Å². The quantitative estimate of drug-likeness (QED) is 0.715. The topological polar surface area (TPSA) is 83.6 Å². The van der Waals surface area contributed by atoms with Crippen molar-refractivity contribution in [2.24, 2.45) is 5.41 Å². The molecule has 1 N–H and O–H groups in total. The maximum absolute atomic E-state index is 11.7. The van der Waals surface area contributed by atoms with Crippen LogP contribution in [-0.4, -0.2) is 41.5 Å². The Morgan fingerprint density at radius 2 is 1.65 bits per heavy atom. The fourth-order valence-corrected chi connectivity index (χ4v) is 1.65. The molecule has 1 heterocycles. The van der Waals surface area contributed by atoms with Crippen LogP contribution in [0.15, 0.2) is 12.2 Å². The van der Waals surface area contributed by atoms with Gasteiger partial charge >= 0.3 is 0 Å². The van der Waals surface area contributed by atoms with Gasteiger partial charge in [0.25, 0.3) is 11.8 Å². The normalized spacial score (nSPS) is 14.8. The van der Waals surface area contributed by atoms with E-state index in [0.29, 0.717) is 0 Å². The van der Waals surface area contributed by atoms with Crippen molar-refractivity contribution in [1.82, 2.24) is 10.2 Å². The third kappa shape index (κ3) is 4.60. The summed E-state index contributed by atoms with van der Waals surface area (Å²) >= 11 is 0. The minimum Gasteiger partial charge on any atom is -0.354 e. The molecule has 110 valence electrons. The molecule has 0 radical (unpaired) electrons. The number of nitrogens with zero attached hydrogens (tertiary/aromatic N) is 1. The van der Waals surface area contributed by atoms with Crippen molar-refractivity contribution in [3.8, 4) is 0 Å². The van der Waals surface area contributed by atoms with E-state index in [-0.39, 0.29) is 49.4 Å². The highest BCUT2D eigenvalue weighted by Crippen LogP contribution is 2.17. The van der Waals surface area contributed by atoms with Gasteiger partial charge in [-0.25, -0.2) is 0 Å². The summed E-state index contributed by atoms with van der Waals surface area (Å²) in [6.45, 7) is 5.77. The van der Waals surface area contributed by atoms with Gasteiger partial charge < -0.3 is 5.32 Å². The Balaban J connectivity index is 2.23. The average Bonchev–Trinajstić information content (AvgIpc) is 2.66. The van der Waals surface area contributed by atoms with Gasteiger partial charge in [0.1, 0.15) is 5.78 Å². The van der Waals surface area contributed by atoms with Gasteiger partial charge in [0.15, 0.2) is 0 Å². The number of hydrogen-bond donors (Lipinski definition) is 1. The number of nitrogens with one attached hydrogen (secondary N) is 1. The predicted molar refractivity (Wildman–Crippen MR) is 72.6 cm³/mol. The molecule has 1 aliphatic rings. The Morgan fingerprint density at radius 3 is 2.15 bits per heavy atom. The first-order valence-electron chi connectivity index (χ1n) is 6.55. The van der Waals surface area contributed by atoms with Gasteiger partial charge in [-0.2, -0.15) is 0 Å². The Hall–Kier alpha value is -1.98. The molecule has 1 aliphatic heterocycles. The summed E-state index contributed by atoms with van der Waals surface area (Å²) in [5, 5.41) is 2.59. The van der Waals surface area contributed by atoms with Crippen LogP contribution in [0.2, 0.25) is 0 Å². The lowest BCUT2D eigenvalue weighted by Crippen LogP contribution is -2.38. The second kappa shape index (κ2) is 6.45. The fraction of sp³-hybridized carbons (Fsp3) is 0.571. The molecule has 0 fully saturated rings. The molecule has 6 heteroatoms. The standard InChI is InChI=1S/C14H20N2O4/c1-14(2,3)10(17)4-5-11(18)15-8-9-16-12(19)6-7-13(16)20/h6-7H,4-5,8-9H2,1-3H3,(H,15,18). The summed E-state index contributed by atoms with van der Waals surface area (Å²) in [4.78, 5) is 46.7. The van der Waals surface area contributed by atoms with E-state index in [1.54, 1.807) is 0 Å². The SMILES string of the molecule is CC(C)(C)C(=O)CCC(=O)NCCN1C(=O)C=CC1=O. The van der Waals surface area contributed by atoms with E-state index in [2.05, 4.69) is 5.32 Å². The van der Waals surface area contributed by atoms with Gasteiger partial charge in [-0.05, 0) is 0 Å². The number of hydrogen-bond acceptors (Lipinski definition) is 4. The molecule has 20 heavy (non-hydrogen) atoms. The van der Waals surface area contributed by atoms with Crippen LogP contribution >= 0.6 is 0 Å². The minimum absolute atomic E-state index is 0.0294. The van der Waals surface area contributed by atoms with Gasteiger partial charge in [-0.1, -0.05) is 20.8 Å². The molecular formula is C14H20N2O4. The van der Waals surface area contributed by atoms with Crippen molar-refractivity contribution in [2.75, 3.05) is 13.1 Å². The zero-order valence-corrected chi connectivity index (χ0v) is 12.1. The van der Waals surface area contributed by atoms with E-state index >= 15 is 0 Å². The van der Waals surface area contributed by atoms with E-state index in [1.807, 2.05) is 20.8 Å². The largest absolute Gasteiger partial charge is 0.354 e. The predicted octanol–water partition coefficient (Wildman–Crippen LogP) is 0.423. The average molecular weight is 280 g/mol. The first-order valence-corrected chi connectivity index (χ1v) is 6.55. The van der Waals surface area contributed by atoms with Crippen LogP contribution in [0.3, 0.4) is 0 Å². The molecule has 0 spiro atoms. The number of amides is 3. The molecule has 1 rings (SSSR count). The summed E-state index contributed by atoms with van der Waals surface area (Å²) in [5.74, 6) is -0.962. The number of carbonyl (C=O) groups excluding carboxylic acids is 4. The van der Waals surface area contributed by atoms with E-state index < -0.39 is 5.41 Å². The molecule has 3 amide bonds. The number of ketones is 1. The molecule has 0 saturated carbocycles. The lowest BCUT2D eigenvalue weighted by molar-refractivity contribution is -0.137. The molecule has 0 aromatic carbocycles. The molecule has 0 aromatic rings. The maximum Gasteiger partial charge on any atom is 0.253 e. The zero-order valence-electron chi connectivity index (χ0n) is 12.1. The summed E-state index contributed by atoms with van der Waals surface area (Å²) in [6.07, 6.45) is 2.72. The second-order valence-electron chi connectivity index (χ2n) is 5.68. The number of imide groups is 1. The van der Waals surface area contributed by atoms with Crippen LogP contribution in [-0.2, 0) is 19.2 Å². The molecule has 6 nitrogen and oxygen atoms in total. The van der Waals surface area contributed by atoms with Crippen LogP contribution < -0.4 is 5.32 Å². The molecule has 0 atom stereocenters. The molecule has 0 unspecified atom stereocenters. The highest BCUT2D eigenvalue weighted by atomic mass is 16.2. The first-order chi connectivity index (χ1) is 9.21. The van der Waals surface area contributed by atoms with E-state index in [0.717, 1.165) is 4.90 Å². The lowest BCUT2D eigenvalue weighted by Gasteiger charge is -2.16. The smallest absolute Gasteiger partial charge is 0.253 e. The van der Waals surface area contributed by atoms with Crippen LogP contribution in [0.4, 0.5) is 0 Å². The molecule has 0 aromatic heterocycles. The van der Waals surface area contributed by atoms with Crippen molar-refractivity contribution < 1.29 is 19.2 Å². The van der Waals surface area contributed by atoms with Gasteiger partial charge in [-0.3, -0.25) is 24.1 Å². The maximum atomic E-state index is 11.7. The monoisotopic (exact) mass is 280 g/mol. The van der Waals surface area contributed by atoms with Crippen LogP contribution in [0.5, 0.6) is 0 Å². The van der Waals surface area contributed by atoms with Crippen molar-refractivity contribution in [3.05, 3.63) is 12.2 Å². The Kier molecular flexibility index (Phi) is 5.19. The summed E-state index contributed by atoms with van der Waals surface area (Å²) in [6, 6.07) is 0. The second-order valence-corrected chi connectivity index (χ2v) is 5.68. The van der Waals surface area contributed by atoms with Crippen LogP contribution in [0.1, 0.15) is 33.6 Å². The van der Waals surface area contributed by atoms with Crippen LogP contribution in [0.25, 0.3) is 0 Å². The van der Waals surface area contributed by atoms with Gasteiger partial charge in [0.2, 0.25) is 5.91 Å². The summed E-state index contributed by atoms with van der Waals surface area (Å²) in [7, 11) is 0. The van der Waals surface area contributed by atoms with Crippen molar-refractivity contribution >= 4 is 23.5 Å². The van der Waals surface area contributed by atoms with Gasteiger partial charge in [-0.15, -0.1) is 0 Å². The Bertz CT molecular complexity index is 442. The highest BCUT2D eigenvalue weighted by molar-refractivity contribution is 6.12. The summed E-state index contributed by atoms with van der Waals surface area (Å²) < 4.78 is 0. The fourth-order valence-electron chi connectivity index (χ4n) is 1.65. The van der Waals surface area contributed by atoms with Crippen molar-refractivity contribution in [2.45, 2.75) is 33.6 Å². The van der Waals surface area contributed by atoms with E-state index in [9.17, 15) is 19.2 Å². The number of rotatable bonds is 6. The van der Waals surface area contributed by atoms with Gasteiger partial charge in [0.05, 0.1) is 0 Å². The molecule has 0 saturated heterocycles. The Labute approximate surface area is 118 Å². The zero-order chi connectivity index (χ0) is 15.3. The molecule has 0 aliphatic carbocycles. The van der Waals surface area contributed by atoms with Gasteiger partial charge in [0, 0.05) is 43.5 Å². The third-order valence-corrected chi connectivity index (χ3v) is 2.97. The molecule has 0 bridgehead atoms. The Morgan fingerprint density at radius 1 is 1.10 bits per heavy atom.